The Hall–Kier alpha value is -1.58. The number of hydrogen-bond acceptors (Lipinski definition) is 4. The number of thiophene rings is 1. The van der Waals surface area contributed by atoms with Gasteiger partial charge >= 0.3 is 5.97 Å². The molecule has 1 aromatic carbocycles. The number of nitrogens with one attached hydrogen (secondary N) is 2. The van der Waals surface area contributed by atoms with Gasteiger partial charge < -0.3 is 15.4 Å². The number of fused-ring (bicyclic) bond motifs is 1. The predicted octanol–water partition coefficient (Wildman–Crippen LogP) is 5.51. The highest BCUT2D eigenvalue weighted by Gasteiger charge is 2.28. The average Bonchev–Trinajstić information content (AvgIpc) is 2.94. The lowest BCUT2D eigenvalue weighted by atomic mass is 9.88. The predicted molar refractivity (Wildman–Crippen MR) is 111 cm³/mol. The molecule has 2 aromatic rings. The molecule has 0 amide bonds. The quantitative estimate of drug-likeness (QED) is 0.453. The van der Waals surface area contributed by atoms with E-state index in [1.807, 2.05) is 0 Å². The second-order valence-electron chi connectivity index (χ2n) is 6.37. The lowest BCUT2D eigenvalue weighted by Gasteiger charge is -2.18. The fourth-order valence-corrected chi connectivity index (χ4v) is 5.25. The first kappa shape index (κ1) is 20.2. The number of esters is 1. The van der Waals surface area contributed by atoms with Gasteiger partial charge in [0.2, 0.25) is 0 Å². The number of rotatable bonds is 3. The number of carbonyl (C=O) groups excluding carboxylic acids is 1. The lowest BCUT2D eigenvalue weighted by Crippen LogP contribution is -2.21. The molecule has 0 bridgehead atoms. The summed E-state index contributed by atoms with van der Waals surface area (Å²) in [5.41, 5.74) is 1.49. The monoisotopic (exact) mass is 474 g/mol. The number of ether oxygens (including phenoxy) is 1. The summed E-state index contributed by atoms with van der Waals surface area (Å²) >= 11 is 9.83. The van der Waals surface area contributed by atoms with Crippen LogP contribution in [-0.4, -0.2) is 18.2 Å². The zero-order valence-electron chi connectivity index (χ0n) is 14.6. The van der Waals surface area contributed by atoms with Crippen molar-refractivity contribution in [2.45, 2.75) is 26.2 Å². The minimum Gasteiger partial charge on any atom is -0.465 e. The van der Waals surface area contributed by atoms with Crippen molar-refractivity contribution < 1.29 is 18.3 Å². The van der Waals surface area contributed by atoms with Gasteiger partial charge in [-0.3, -0.25) is 0 Å². The van der Waals surface area contributed by atoms with E-state index >= 15 is 0 Å². The minimum atomic E-state index is -0.779. The third kappa shape index (κ3) is 4.30. The van der Waals surface area contributed by atoms with Crippen LogP contribution >= 0.6 is 39.5 Å². The van der Waals surface area contributed by atoms with Gasteiger partial charge in [0.25, 0.3) is 0 Å². The van der Waals surface area contributed by atoms with Crippen LogP contribution in [0.15, 0.2) is 16.6 Å². The Morgan fingerprint density at radius 3 is 2.78 bits per heavy atom. The number of carbonyl (C=O) groups is 1. The molecular formula is C18H17BrF2N2O2S2. The van der Waals surface area contributed by atoms with Crippen molar-refractivity contribution in [3.63, 3.8) is 0 Å². The van der Waals surface area contributed by atoms with Crippen molar-refractivity contribution in [1.29, 1.82) is 0 Å². The third-order valence-electron chi connectivity index (χ3n) is 4.37. The molecule has 0 saturated heterocycles. The van der Waals surface area contributed by atoms with Gasteiger partial charge in [-0.05, 0) is 65.0 Å². The Labute approximate surface area is 173 Å². The Morgan fingerprint density at radius 1 is 1.37 bits per heavy atom. The zero-order valence-corrected chi connectivity index (χ0v) is 17.8. The van der Waals surface area contributed by atoms with Crippen molar-refractivity contribution in [1.82, 2.24) is 0 Å². The van der Waals surface area contributed by atoms with Gasteiger partial charge in [-0.15, -0.1) is 11.3 Å². The second kappa shape index (κ2) is 8.20. The summed E-state index contributed by atoms with van der Waals surface area (Å²) in [6.07, 6.45) is 2.70. The number of methoxy groups -OCH3 is 1. The molecule has 144 valence electrons. The van der Waals surface area contributed by atoms with Crippen molar-refractivity contribution in [2.24, 2.45) is 5.92 Å². The van der Waals surface area contributed by atoms with Gasteiger partial charge in [-0.25, -0.2) is 13.6 Å². The summed E-state index contributed by atoms with van der Waals surface area (Å²) in [5, 5.41) is 6.35. The van der Waals surface area contributed by atoms with E-state index in [-0.39, 0.29) is 15.3 Å². The van der Waals surface area contributed by atoms with Crippen LogP contribution in [0, 0.1) is 17.6 Å². The number of anilines is 2. The highest BCUT2D eigenvalue weighted by atomic mass is 79.9. The van der Waals surface area contributed by atoms with Gasteiger partial charge in [0.15, 0.2) is 10.9 Å². The Morgan fingerprint density at radius 2 is 2.11 bits per heavy atom. The Balaban J connectivity index is 1.87. The highest BCUT2D eigenvalue weighted by Crippen LogP contribution is 2.40. The van der Waals surface area contributed by atoms with E-state index in [1.165, 1.54) is 18.4 Å². The fraction of sp³-hybridized carbons (Fsp3) is 0.333. The number of thiocarbonyl (C=S) groups is 1. The van der Waals surface area contributed by atoms with Crippen LogP contribution in [0.3, 0.4) is 0 Å². The smallest absolute Gasteiger partial charge is 0.341 e. The molecule has 0 saturated carbocycles. The molecule has 4 nitrogen and oxygen atoms in total. The van der Waals surface area contributed by atoms with E-state index < -0.39 is 17.6 Å². The van der Waals surface area contributed by atoms with Crippen molar-refractivity contribution in [3.05, 3.63) is 44.2 Å². The molecule has 1 aliphatic carbocycles. The van der Waals surface area contributed by atoms with E-state index in [4.69, 9.17) is 17.0 Å². The first-order valence-electron chi connectivity index (χ1n) is 8.25. The van der Waals surface area contributed by atoms with Crippen LogP contribution < -0.4 is 10.6 Å². The standard InChI is InChI=1S/C18H17BrF2N2O2S2/c1-8-3-4-10-13(5-8)27-16(14(10)17(24)25-2)23-18(26)22-15-11(19)6-9(20)7-12(15)21/h6-8H,3-5H2,1-2H3,(H2,22,23,26). The lowest BCUT2D eigenvalue weighted by molar-refractivity contribution is 0.0601. The molecule has 27 heavy (non-hydrogen) atoms. The molecule has 1 aromatic heterocycles. The van der Waals surface area contributed by atoms with Gasteiger partial charge in [0.1, 0.15) is 10.8 Å². The molecule has 1 heterocycles. The summed E-state index contributed by atoms with van der Waals surface area (Å²) in [4.78, 5) is 13.4. The summed E-state index contributed by atoms with van der Waals surface area (Å²) in [6, 6.07) is 1.90. The fourth-order valence-electron chi connectivity index (χ4n) is 3.07. The van der Waals surface area contributed by atoms with Crippen LogP contribution in [-0.2, 0) is 17.6 Å². The first-order chi connectivity index (χ1) is 12.8. The molecule has 1 atom stereocenters. The van der Waals surface area contributed by atoms with E-state index in [2.05, 4.69) is 33.5 Å². The van der Waals surface area contributed by atoms with Gasteiger partial charge in [0.05, 0.1) is 18.4 Å². The van der Waals surface area contributed by atoms with Crippen molar-refractivity contribution in [3.8, 4) is 0 Å². The number of hydrogen-bond donors (Lipinski definition) is 2. The SMILES string of the molecule is COC(=O)c1c(NC(=S)Nc2c(F)cc(F)cc2Br)sc2c1CCC(C)C2. The summed E-state index contributed by atoms with van der Waals surface area (Å²) in [7, 11) is 1.34. The molecular weight excluding hydrogens is 458 g/mol. The summed E-state index contributed by atoms with van der Waals surface area (Å²) < 4.78 is 32.4. The Kier molecular flexibility index (Phi) is 6.12. The molecule has 0 aliphatic heterocycles. The second-order valence-corrected chi connectivity index (χ2v) is 8.74. The number of halogens is 3. The molecule has 0 spiro atoms. The summed E-state index contributed by atoms with van der Waals surface area (Å²) in [6.45, 7) is 2.18. The maximum Gasteiger partial charge on any atom is 0.341 e. The maximum absolute atomic E-state index is 14.0. The van der Waals surface area contributed by atoms with Crippen LogP contribution in [0.1, 0.15) is 34.1 Å². The Bertz CT molecular complexity index is 894. The molecule has 1 aliphatic rings. The number of benzene rings is 1. The van der Waals surface area contributed by atoms with Crippen molar-refractivity contribution >= 4 is 61.3 Å². The molecule has 1 unspecified atom stereocenters. The maximum atomic E-state index is 14.0. The van der Waals surface area contributed by atoms with E-state index in [0.29, 0.717) is 16.5 Å². The van der Waals surface area contributed by atoms with Gasteiger partial charge in [-0.1, -0.05) is 6.92 Å². The van der Waals surface area contributed by atoms with Gasteiger partial charge in [0, 0.05) is 15.4 Å². The van der Waals surface area contributed by atoms with Crippen LogP contribution in [0.25, 0.3) is 0 Å². The zero-order chi connectivity index (χ0) is 19.7. The molecule has 9 heteroatoms. The first-order valence-corrected chi connectivity index (χ1v) is 10.3. The third-order valence-corrected chi connectivity index (χ3v) is 6.37. The van der Waals surface area contributed by atoms with Gasteiger partial charge in [-0.2, -0.15) is 0 Å². The molecule has 0 radical (unpaired) electrons. The topological polar surface area (TPSA) is 50.4 Å². The normalized spacial score (nSPS) is 15.8. The highest BCUT2D eigenvalue weighted by molar-refractivity contribution is 9.10. The van der Waals surface area contributed by atoms with E-state index in [0.717, 1.165) is 41.8 Å². The van der Waals surface area contributed by atoms with Crippen LogP contribution in [0.5, 0.6) is 0 Å². The largest absolute Gasteiger partial charge is 0.465 e. The van der Waals surface area contributed by atoms with E-state index in [1.54, 1.807) is 0 Å². The van der Waals surface area contributed by atoms with Crippen LogP contribution in [0.4, 0.5) is 19.5 Å². The van der Waals surface area contributed by atoms with E-state index in [9.17, 15) is 13.6 Å². The minimum absolute atomic E-state index is 0.0171. The molecule has 2 N–H and O–H groups in total. The molecule has 3 rings (SSSR count). The average molecular weight is 475 g/mol. The molecule has 0 fully saturated rings. The summed E-state index contributed by atoms with van der Waals surface area (Å²) in [5.74, 6) is -1.36. The van der Waals surface area contributed by atoms with Crippen LogP contribution in [0.2, 0.25) is 0 Å². The van der Waals surface area contributed by atoms with Crippen molar-refractivity contribution in [2.75, 3.05) is 17.7 Å².